The predicted molar refractivity (Wildman–Crippen MR) is 128 cm³/mol. The van der Waals surface area contributed by atoms with Crippen LogP contribution in [-0.2, 0) is 11.2 Å². The number of benzene rings is 1. The van der Waals surface area contributed by atoms with E-state index in [-0.39, 0.29) is 17.9 Å². The van der Waals surface area contributed by atoms with Gasteiger partial charge in [-0.2, -0.15) is 5.10 Å². The van der Waals surface area contributed by atoms with Crippen molar-refractivity contribution in [2.75, 3.05) is 13.1 Å². The second-order valence-corrected chi connectivity index (χ2v) is 9.22. The number of nitrogens with zero attached hydrogens (tertiary/aromatic N) is 3. The summed E-state index contributed by atoms with van der Waals surface area (Å²) in [6.07, 6.45) is 7.18. The summed E-state index contributed by atoms with van der Waals surface area (Å²) in [6.45, 7) is 6.79. The molecular formula is C26H31N5O2. The number of carbonyl (C=O) groups excluding carboxylic acids is 2. The van der Waals surface area contributed by atoms with Crippen LogP contribution in [0.2, 0.25) is 0 Å². The lowest BCUT2D eigenvalue weighted by molar-refractivity contribution is -0.134. The Balaban J connectivity index is 1.70. The van der Waals surface area contributed by atoms with Crippen LogP contribution in [0, 0.1) is 12.3 Å². The first-order valence-electron chi connectivity index (χ1n) is 11.5. The molecule has 0 bridgehead atoms. The lowest BCUT2D eigenvalue weighted by Crippen LogP contribution is -2.55. The zero-order chi connectivity index (χ0) is 23.4. The number of carbonyl (C=O) groups is 2. The second-order valence-electron chi connectivity index (χ2n) is 9.22. The van der Waals surface area contributed by atoms with Crippen LogP contribution in [-0.4, -0.2) is 51.0 Å². The minimum Gasteiger partial charge on any atom is -0.353 e. The molecule has 3 aromatic rings. The number of aromatic nitrogens is 3. The number of hydrogen-bond donors (Lipinski definition) is 2. The smallest absolute Gasteiger partial charge is 0.257 e. The van der Waals surface area contributed by atoms with Crippen molar-refractivity contribution < 1.29 is 9.59 Å². The summed E-state index contributed by atoms with van der Waals surface area (Å²) >= 11 is 0. The van der Waals surface area contributed by atoms with Gasteiger partial charge in [-0.15, -0.1) is 0 Å². The molecule has 0 spiro atoms. The highest BCUT2D eigenvalue weighted by Crippen LogP contribution is 2.37. The molecule has 1 fully saturated rings. The van der Waals surface area contributed by atoms with E-state index in [0.717, 1.165) is 35.2 Å². The summed E-state index contributed by atoms with van der Waals surface area (Å²) in [5, 5.41) is 9.98. The Labute approximate surface area is 194 Å². The van der Waals surface area contributed by atoms with Gasteiger partial charge in [-0.3, -0.25) is 19.7 Å². The van der Waals surface area contributed by atoms with Gasteiger partial charge in [0.15, 0.2) is 0 Å². The van der Waals surface area contributed by atoms with Crippen molar-refractivity contribution in [2.24, 2.45) is 5.41 Å². The maximum absolute atomic E-state index is 13.6. The molecule has 0 saturated carbocycles. The highest BCUT2D eigenvalue weighted by atomic mass is 16.2. The van der Waals surface area contributed by atoms with Gasteiger partial charge < -0.3 is 10.2 Å². The zero-order valence-electron chi connectivity index (χ0n) is 19.5. The molecule has 0 radical (unpaired) electrons. The monoisotopic (exact) mass is 445 g/mol. The number of rotatable bonds is 6. The van der Waals surface area contributed by atoms with Crippen LogP contribution in [0.5, 0.6) is 0 Å². The Kier molecular flexibility index (Phi) is 6.58. The molecule has 1 unspecified atom stereocenters. The first-order valence-corrected chi connectivity index (χ1v) is 11.5. The van der Waals surface area contributed by atoms with Crippen LogP contribution < -0.4 is 5.32 Å². The SMILES string of the molecule is Cc1[nH]ncc1C(=O)N1CCCC(Cc2ccccc2-c2ccncc2)(C(=O)NC(C)C)C1. The molecule has 1 saturated heterocycles. The summed E-state index contributed by atoms with van der Waals surface area (Å²) in [5.41, 5.74) is 3.84. The molecule has 33 heavy (non-hydrogen) atoms. The minimum atomic E-state index is -0.709. The molecule has 7 nitrogen and oxygen atoms in total. The highest BCUT2D eigenvalue weighted by molar-refractivity contribution is 5.96. The number of H-pyrrole nitrogens is 1. The molecule has 3 heterocycles. The van der Waals surface area contributed by atoms with Gasteiger partial charge in [0.25, 0.3) is 5.91 Å². The molecular weight excluding hydrogens is 414 g/mol. The minimum absolute atomic E-state index is 0.00319. The standard InChI is InChI=1S/C26H31N5O2/c1-18(2)29-25(33)26(11-6-14-31(17-26)24(32)23-16-28-30-19(23)3)15-21-7-4-5-8-22(21)20-9-12-27-13-10-20/h4-5,7-10,12-13,16,18H,6,11,14-15,17H2,1-3H3,(H,28,30)(H,29,33). The fourth-order valence-electron chi connectivity index (χ4n) is 4.72. The van der Waals surface area contributed by atoms with Crippen molar-refractivity contribution in [3.8, 4) is 11.1 Å². The van der Waals surface area contributed by atoms with Gasteiger partial charge in [0.05, 0.1) is 17.2 Å². The third-order valence-corrected chi connectivity index (χ3v) is 6.36. The third kappa shape index (κ3) is 4.82. The average Bonchev–Trinajstić information content (AvgIpc) is 3.25. The molecule has 1 aliphatic heterocycles. The van der Waals surface area contributed by atoms with Crippen LogP contribution in [0.15, 0.2) is 55.0 Å². The van der Waals surface area contributed by atoms with Gasteiger partial charge in [0, 0.05) is 37.2 Å². The van der Waals surface area contributed by atoms with E-state index in [2.05, 4.69) is 32.6 Å². The third-order valence-electron chi connectivity index (χ3n) is 6.36. The van der Waals surface area contributed by atoms with Gasteiger partial charge in [-0.05, 0) is 68.9 Å². The zero-order valence-corrected chi connectivity index (χ0v) is 19.5. The van der Waals surface area contributed by atoms with E-state index in [1.807, 2.05) is 49.9 Å². The largest absolute Gasteiger partial charge is 0.353 e. The first-order chi connectivity index (χ1) is 15.9. The second kappa shape index (κ2) is 9.57. The van der Waals surface area contributed by atoms with Crippen LogP contribution in [0.4, 0.5) is 0 Å². The summed E-state index contributed by atoms with van der Waals surface area (Å²) < 4.78 is 0. The molecule has 172 valence electrons. The van der Waals surface area contributed by atoms with Crippen LogP contribution in [0.1, 0.15) is 48.3 Å². The molecule has 1 aliphatic rings. The molecule has 1 atom stereocenters. The normalized spacial score (nSPS) is 18.4. The fourth-order valence-corrected chi connectivity index (χ4v) is 4.72. The van der Waals surface area contributed by atoms with Crippen LogP contribution >= 0.6 is 0 Å². The Hall–Kier alpha value is -3.48. The van der Waals surface area contributed by atoms with Gasteiger partial charge in [-0.25, -0.2) is 0 Å². The number of amides is 2. The number of likely N-dealkylation sites (tertiary alicyclic amines) is 1. The van der Waals surface area contributed by atoms with Crippen LogP contribution in [0.25, 0.3) is 11.1 Å². The lowest BCUT2D eigenvalue weighted by Gasteiger charge is -2.42. The van der Waals surface area contributed by atoms with Gasteiger partial charge in [0.2, 0.25) is 5.91 Å². The van der Waals surface area contributed by atoms with E-state index in [4.69, 9.17) is 0 Å². The molecule has 0 aliphatic carbocycles. The van der Waals surface area contributed by atoms with Crippen molar-refractivity contribution >= 4 is 11.8 Å². The van der Waals surface area contributed by atoms with E-state index in [1.165, 1.54) is 0 Å². The summed E-state index contributed by atoms with van der Waals surface area (Å²) in [7, 11) is 0. The summed E-state index contributed by atoms with van der Waals surface area (Å²) in [5.74, 6) is -0.0754. The maximum atomic E-state index is 13.6. The summed E-state index contributed by atoms with van der Waals surface area (Å²) in [4.78, 5) is 32.9. The topological polar surface area (TPSA) is 91.0 Å². The molecule has 2 aromatic heterocycles. The Morgan fingerprint density at radius 2 is 1.94 bits per heavy atom. The predicted octanol–water partition coefficient (Wildman–Crippen LogP) is 3.77. The first kappa shape index (κ1) is 22.7. The van der Waals surface area contributed by atoms with Crippen molar-refractivity contribution in [3.05, 3.63) is 71.8 Å². The molecule has 1 aromatic carbocycles. The van der Waals surface area contributed by atoms with Gasteiger partial charge in [-0.1, -0.05) is 24.3 Å². The molecule has 4 rings (SSSR count). The molecule has 2 amide bonds. The van der Waals surface area contributed by atoms with Crippen molar-refractivity contribution in [1.82, 2.24) is 25.4 Å². The van der Waals surface area contributed by atoms with E-state index >= 15 is 0 Å². The molecule has 7 heteroatoms. The average molecular weight is 446 g/mol. The van der Waals surface area contributed by atoms with Gasteiger partial charge in [0.1, 0.15) is 0 Å². The number of aryl methyl sites for hydroxylation is 1. The van der Waals surface area contributed by atoms with Crippen LogP contribution in [0.3, 0.4) is 0 Å². The van der Waals surface area contributed by atoms with E-state index < -0.39 is 5.41 Å². The number of aromatic amines is 1. The highest BCUT2D eigenvalue weighted by Gasteiger charge is 2.44. The maximum Gasteiger partial charge on any atom is 0.257 e. The Bertz CT molecular complexity index is 1120. The van der Waals surface area contributed by atoms with E-state index in [0.29, 0.717) is 25.1 Å². The number of nitrogens with one attached hydrogen (secondary N) is 2. The lowest BCUT2D eigenvalue weighted by atomic mass is 9.73. The Morgan fingerprint density at radius 3 is 2.64 bits per heavy atom. The van der Waals surface area contributed by atoms with Crippen molar-refractivity contribution in [1.29, 1.82) is 0 Å². The fraction of sp³-hybridized carbons (Fsp3) is 0.385. The van der Waals surface area contributed by atoms with Crippen molar-refractivity contribution in [3.63, 3.8) is 0 Å². The summed E-state index contributed by atoms with van der Waals surface area (Å²) in [6, 6.07) is 12.2. The Morgan fingerprint density at radius 1 is 1.18 bits per heavy atom. The number of piperidine rings is 1. The van der Waals surface area contributed by atoms with E-state index in [1.54, 1.807) is 18.6 Å². The molecule has 2 N–H and O–H groups in total. The number of pyridine rings is 1. The van der Waals surface area contributed by atoms with Crippen molar-refractivity contribution in [2.45, 2.75) is 46.1 Å². The van der Waals surface area contributed by atoms with E-state index in [9.17, 15) is 9.59 Å². The quantitative estimate of drug-likeness (QED) is 0.604. The number of hydrogen-bond acceptors (Lipinski definition) is 4. The van der Waals surface area contributed by atoms with Gasteiger partial charge >= 0.3 is 0 Å².